The molecule has 1 aliphatic rings. The molecule has 0 spiro atoms. The van der Waals surface area contributed by atoms with Crippen LogP contribution in [0.4, 0.5) is 11.6 Å². The number of aryl methyl sites for hydroxylation is 1. The Kier molecular flexibility index (Phi) is 8.19. The summed E-state index contributed by atoms with van der Waals surface area (Å²) in [5.41, 5.74) is 9.69. The molecule has 3 aromatic heterocycles. The average molecular weight is 496 g/mol. The van der Waals surface area contributed by atoms with Gasteiger partial charge in [-0.1, -0.05) is 19.4 Å². The highest BCUT2D eigenvalue weighted by molar-refractivity contribution is 5.78. The van der Waals surface area contributed by atoms with Gasteiger partial charge in [0.15, 0.2) is 11.5 Å². The molecule has 3 aromatic rings. The minimum atomic E-state index is 0.0798. The van der Waals surface area contributed by atoms with Gasteiger partial charge in [0.1, 0.15) is 5.82 Å². The molecule has 36 heavy (non-hydrogen) atoms. The number of nitrogens with two attached hydrogens (primary N) is 1. The lowest BCUT2D eigenvalue weighted by Gasteiger charge is -2.34. The zero-order valence-corrected chi connectivity index (χ0v) is 21.7. The molecule has 1 saturated heterocycles. The topological polar surface area (TPSA) is 127 Å². The average Bonchev–Trinajstić information content (AvgIpc) is 3.23. The van der Waals surface area contributed by atoms with Gasteiger partial charge in [0.25, 0.3) is 0 Å². The Labute approximate surface area is 212 Å². The Morgan fingerprint density at radius 3 is 2.72 bits per heavy atom. The molecule has 1 aliphatic heterocycles. The molecule has 0 unspecified atom stereocenters. The first-order chi connectivity index (χ1) is 17.3. The fourth-order valence-corrected chi connectivity index (χ4v) is 4.48. The second kappa shape index (κ2) is 11.5. The van der Waals surface area contributed by atoms with Gasteiger partial charge in [0, 0.05) is 31.7 Å². The minimum Gasteiger partial charge on any atom is -0.462 e. The van der Waals surface area contributed by atoms with E-state index in [1.165, 1.54) is 0 Å². The smallest absolute Gasteiger partial charge is 0.336 e. The first-order valence-corrected chi connectivity index (χ1v) is 12.6. The van der Waals surface area contributed by atoms with Crippen LogP contribution in [-0.4, -0.2) is 81.8 Å². The summed E-state index contributed by atoms with van der Waals surface area (Å²) in [5.74, 6) is 1.37. The van der Waals surface area contributed by atoms with Crippen molar-refractivity contribution in [2.24, 2.45) is 0 Å². The number of carbonyl (C=O) groups excluding carboxylic acids is 1. The molecule has 11 heteroatoms. The van der Waals surface area contributed by atoms with Crippen molar-refractivity contribution in [3.8, 4) is 6.01 Å². The van der Waals surface area contributed by atoms with Crippen LogP contribution < -0.4 is 20.7 Å². The molecular weight excluding hydrogens is 458 g/mol. The third-order valence-corrected chi connectivity index (χ3v) is 6.28. The Morgan fingerprint density at radius 1 is 1.25 bits per heavy atom. The van der Waals surface area contributed by atoms with E-state index in [1.54, 1.807) is 10.7 Å². The summed E-state index contributed by atoms with van der Waals surface area (Å²) in [5, 5.41) is 7.64. The standard InChI is InChI=1S/C25H37N9O2/c1-5-6-11-36-25-30-22(26)24-28-15-20(34(24)31-25)13-18-12-17(2)23(27-14-18)33-9-7-19(8-10-33)29-21(35)16-32(3)4/h12,14-15,19H,5-11,13,16H2,1-4H3,(H,29,35)(H2,26,30,31). The van der Waals surface area contributed by atoms with Crippen LogP contribution in [0, 0.1) is 6.92 Å². The van der Waals surface area contributed by atoms with Gasteiger partial charge in [0.05, 0.1) is 25.0 Å². The molecule has 0 saturated carbocycles. The molecular formula is C25H37N9O2. The van der Waals surface area contributed by atoms with Gasteiger partial charge in [-0.2, -0.15) is 4.98 Å². The first-order valence-electron chi connectivity index (χ1n) is 12.6. The number of amides is 1. The minimum absolute atomic E-state index is 0.0798. The molecule has 0 aliphatic carbocycles. The molecule has 1 amide bonds. The van der Waals surface area contributed by atoms with Crippen molar-refractivity contribution < 1.29 is 9.53 Å². The van der Waals surface area contributed by atoms with Crippen LogP contribution in [-0.2, 0) is 11.2 Å². The summed E-state index contributed by atoms with van der Waals surface area (Å²) in [6.45, 7) is 6.89. The maximum absolute atomic E-state index is 12.1. The number of hydrogen-bond donors (Lipinski definition) is 2. The summed E-state index contributed by atoms with van der Waals surface area (Å²) in [6, 6.07) is 2.64. The van der Waals surface area contributed by atoms with E-state index in [1.807, 2.05) is 25.2 Å². The van der Waals surface area contributed by atoms with Gasteiger partial charge in [-0.05, 0) is 51.4 Å². The number of carbonyl (C=O) groups is 1. The predicted molar refractivity (Wildman–Crippen MR) is 139 cm³/mol. The highest BCUT2D eigenvalue weighted by Gasteiger charge is 2.23. The fourth-order valence-electron chi connectivity index (χ4n) is 4.48. The van der Waals surface area contributed by atoms with E-state index in [2.05, 4.69) is 45.2 Å². The second-order valence-corrected chi connectivity index (χ2v) is 9.69. The molecule has 3 N–H and O–H groups in total. The van der Waals surface area contributed by atoms with Crippen molar-refractivity contribution in [1.29, 1.82) is 0 Å². The zero-order chi connectivity index (χ0) is 25.7. The van der Waals surface area contributed by atoms with Crippen molar-refractivity contribution in [2.45, 2.75) is 52.0 Å². The molecule has 4 rings (SSSR count). The predicted octanol–water partition coefficient (Wildman–Crippen LogP) is 1.83. The van der Waals surface area contributed by atoms with E-state index < -0.39 is 0 Å². The third kappa shape index (κ3) is 6.20. The second-order valence-electron chi connectivity index (χ2n) is 9.69. The summed E-state index contributed by atoms with van der Waals surface area (Å²) < 4.78 is 7.37. The van der Waals surface area contributed by atoms with Crippen LogP contribution in [0.5, 0.6) is 6.01 Å². The monoisotopic (exact) mass is 495 g/mol. The van der Waals surface area contributed by atoms with Crippen LogP contribution in [0.2, 0.25) is 0 Å². The number of nitrogens with zero attached hydrogens (tertiary/aromatic N) is 7. The van der Waals surface area contributed by atoms with E-state index >= 15 is 0 Å². The molecule has 0 atom stereocenters. The van der Waals surface area contributed by atoms with Crippen LogP contribution in [0.25, 0.3) is 5.65 Å². The number of rotatable bonds is 10. The molecule has 194 valence electrons. The number of aromatic nitrogens is 5. The lowest BCUT2D eigenvalue weighted by Crippen LogP contribution is -2.47. The number of piperidine rings is 1. The van der Waals surface area contributed by atoms with Crippen LogP contribution in [0.15, 0.2) is 18.5 Å². The number of unbranched alkanes of at least 4 members (excludes halogenated alkanes) is 1. The van der Waals surface area contributed by atoms with Gasteiger partial charge in [-0.15, -0.1) is 5.10 Å². The Morgan fingerprint density at radius 2 is 2.03 bits per heavy atom. The van der Waals surface area contributed by atoms with Crippen molar-refractivity contribution in [3.63, 3.8) is 0 Å². The highest BCUT2D eigenvalue weighted by atomic mass is 16.5. The number of ether oxygens (including phenoxy) is 1. The zero-order valence-electron chi connectivity index (χ0n) is 21.7. The van der Waals surface area contributed by atoms with Crippen LogP contribution in [0.1, 0.15) is 49.4 Å². The number of anilines is 2. The van der Waals surface area contributed by atoms with E-state index in [4.69, 9.17) is 15.5 Å². The number of likely N-dealkylation sites (N-methyl/N-ethyl adjacent to an activating group) is 1. The van der Waals surface area contributed by atoms with E-state index in [-0.39, 0.29) is 18.0 Å². The van der Waals surface area contributed by atoms with Gasteiger partial charge in [0.2, 0.25) is 5.91 Å². The maximum atomic E-state index is 12.1. The Balaban J connectivity index is 1.41. The lowest BCUT2D eigenvalue weighted by molar-refractivity contribution is -0.122. The van der Waals surface area contributed by atoms with Crippen molar-refractivity contribution in [1.82, 2.24) is 34.8 Å². The number of hydrogen-bond acceptors (Lipinski definition) is 9. The van der Waals surface area contributed by atoms with Crippen molar-refractivity contribution >= 4 is 23.2 Å². The maximum Gasteiger partial charge on any atom is 0.336 e. The Bertz CT molecular complexity index is 1190. The fraction of sp³-hybridized carbons (Fsp3) is 0.560. The van der Waals surface area contributed by atoms with Crippen LogP contribution in [0.3, 0.4) is 0 Å². The van der Waals surface area contributed by atoms with E-state index in [0.717, 1.165) is 61.4 Å². The van der Waals surface area contributed by atoms with Gasteiger partial charge in [-0.25, -0.2) is 14.5 Å². The van der Waals surface area contributed by atoms with Gasteiger partial charge < -0.3 is 25.6 Å². The van der Waals surface area contributed by atoms with Gasteiger partial charge in [-0.3, -0.25) is 4.79 Å². The van der Waals surface area contributed by atoms with E-state index in [0.29, 0.717) is 31.0 Å². The molecule has 0 radical (unpaired) electrons. The third-order valence-electron chi connectivity index (χ3n) is 6.28. The van der Waals surface area contributed by atoms with E-state index in [9.17, 15) is 4.79 Å². The van der Waals surface area contributed by atoms with Crippen LogP contribution >= 0.6 is 0 Å². The number of nitrogens with one attached hydrogen (secondary N) is 1. The normalized spacial score (nSPS) is 14.5. The highest BCUT2D eigenvalue weighted by Crippen LogP contribution is 2.24. The summed E-state index contributed by atoms with van der Waals surface area (Å²) in [4.78, 5) is 29.7. The summed E-state index contributed by atoms with van der Waals surface area (Å²) in [6.07, 6.45) is 8.08. The summed E-state index contributed by atoms with van der Waals surface area (Å²) in [7, 11) is 3.80. The SMILES string of the molecule is CCCCOc1nc(N)c2ncc(Cc3cnc(N4CCC(NC(=O)CN(C)C)CC4)c(C)c3)n2n1. The Hall–Kier alpha value is -3.47. The number of nitrogen functional groups attached to an aromatic ring is 1. The molecule has 0 bridgehead atoms. The number of pyridine rings is 1. The largest absolute Gasteiger partial charge is 0.462 e. The molecule has 1 fully saturated rings. The van der Waals surface area contributed by atoms with Crippen molar-refractivity contribution in [3.05, 3.63) is 35.3 Å². The lowest BCUT2D eigenvalue weighted by atomic mass is 10.0. The van der Waals surface area contributed by atoms with Crippen molar-refractivity contribution in [2.75, 3.05) is 51.0 Å². The number of imidazole rings is 1. The number of fused-ring (bicyclic) bond motifs is 1. The van der Waals surface area contributed by atoms with Gasteiger partial charge >= 0.3 is 6.01 Å². The molecule has 11 nitrogen and oxygen atoms in total. The first kappa shape index (κ1) is 25.6. The molecule has 0 aromatic carbocycles. The quantitative estimate of drug-likeness (QED) is 0.405. The molecule has 4 heterocycles. The summed E-state index contributed by atoms with van der Waals surface area (Å²) >= 11 is 0.